The van der Waals surface area contributed by atoms with E-state index in [-0.39, 0.29) is 30.1 Å². The Balaban J connectivity index is 2.11. The molecule has 1 saturated heterocycles. The second-order valence-electron chi connectivity index (χ2n) is 5.85. The highest BCUT2D eigenvalue weighted by molar-refractivity contribution is 6.00. The number of nitrogens with zero attached hydrogens (tertiary/aromatic N) is 1. The van der Waals surface area contributed by atoms with Crippen molar-refractivity contribution in [3.8, 4) is 0 Å². The molecule has 0 bridgehead atoms. The molecule has 1 unspecified atom stereocenters. The molecular weight excluding hydrogens is 296 g/mol. The van der Waals surface area contributed by atoms with Crippen molar-refractivity contribution in [2.45, 2.75) is 27.2 Å². The number of hydrogen-bond acceptors (Lipinski definition) is 4. The fourth-order valence-electron chi connectivity index (χ4n) is 2.41. The van der Waals surface area contributed by atoms with Crippen LogP contribution in [-0.4, -0.2) is 30.9 Å². The number of carbonyl (C=O) groups excluding carboxylic acids is 3. The van der Waals surface area contributed by atoms with E-state index in [0.29, 0.717) is 24.5 Å². The second-order valence-corrected chi connectivity index (χ2v) is 5.85. The molecule has 0 aromatic heterocycles. The molecule has 1 aromatic rings. The summed E-state index contributed by atoms with van der Waals surface area (Å²) in [5, 5.41) is 2.81. The standard InChI is InChI=1S/C17H22N2O4/c1-4-23-17(22)12-8-15(20)19(10-12)14-7-5-6-13(9-14)18-16(21)11(2)3/h5-7,9,11-12H,4,8,10H2,1-3H3,(H,18,21). The Morgan fingerprint density at radius 1 is 1.39 bits per heavy atom. The molecule has 0 radical (unpaired) electrons. The molecule has 1 atom stereocenters. The van der Waals surface area contributed by atoms with Gasteiger partial charge in [0.05, 0.1) is 12.5 Å². The summed E-state index contributed by atoms with van der Waals surface area (Å²) in [7, 11) is 0. The zero-order valence-corrected chi connectivity index (χ0v) is 13.7. The summed E-state index contributed by atoms with van der Waals surface area (Å²) in [5.74, 6) is -1.10. The van der Waals surface area contributed by atoms with E-state index < -0.39 is 5.92 Å². The quantitative estimate of drug-likeness (QED) is 0.845. The summed E-state index contributed by atoms with van der Waals surface area (Å²) >= 11 is 0. The zero-order valence-electron chi connectivity index (χ0n) is 13.7. The van der Waals surface area contributed by atoms with Crippen LogP contribution in [0.4, 0.5) is 11.4 Å². The minimum absolute atomic E-state index is 0.0840. The molecule has 6 heteroatoms. The van der Waals surface area contributed by atoms with Gasteiger partial charge < -0.3 is 15.0 Å². The Bertz CT molecular complexity index is 612. The van der Waals surface area contributed by atoms with E-state index in [1.165, 1.54) is 0 Å². The molecule has 1 aliphatic rings. The fourth-order valence-corrected chi connectivity index (χ4v) is 2.41. The number of benzene rings is 1. The van der Waals surface area contributed by atoms with E-state index in [1.54, 1.807) is 36.1 Å². The minimum Gasteiger partial charge on any atom is -0.466 e. The van der Waals surface area contributed by atoms with Crippen LogP contribution in [0.15, 0.2) is 24.3 Å². The van der Waals surface area contributed by atoms with Crippen LogP contribution in [0.1, 0.15) is 27.2 Å². The van der Waals surface area contributed by atoms with Gasteiger partial charge in [-0.2, -0.15) is 0 Å². The highest BCUT2D eigenvalue weighted by atomic mass is 16.5. The van der Waals surface area contributed by atoms with E-state index in [2.05, 4.69) is 5.32 Å². The third-order valence-electron chi connectivity index (χ3n) is 3.69. The van der Waals surface area contributed by atoms with Crippen LogP contribution in [0, 0.1) is 11.8 Å². The molecule has 1 aromatic carbocycles. The third kappa shape index (κ3) is 4.09. The van der Waals surface area contributed by atoms with Gasteiger partial charge in [-0.25, -0.2) is 0 Å². The maximum atomic E-state index is 12.2. The van der Waals surface area contributed by atoms with Crippen molar-refractivity contribution in [2.24, 2.45) is 11.8 Å². The molecule has 1 aliphatic heterocycles. The highest BCUT2D eigenvalue weighted by Gasteiger charge is 2.36. The smallest absolute Gasteiger partial charge is 0.311 e. The number of amides is 2. The lowest BCUT2D eigenvalue weighted by Crippen LogP contribution is -2.26. The molecule has 1 fully saturated rings. The normalized spacial score (nSPS) is 17.5. The van der Waals surface area contributed by atoms with Crippen LogP contribution in [0.3, 0.4) is 0 Å². The van der Waals surface area contributed by atoms with Crippen molar-refractivity contribution in [3.63, 3.8) is 0 Å². The van der Waals surface area contributed by atoms with Gasteiger partial charge in [0.25, 0.3) is 0 Å². The van der Waals surface area contributed by atoms with E-state index in [1.807, 2.05) is 13.8 Å². The number of anilines is 2. The Morgan fingerprint density at radius 2 is 2.13 bits per heavy atom. The SMILES string of the molecule is CCOC(=O)C1CC(=O)N(c2cccc(NC(=O)C(C)C)c2)C1. The minimum atomic E-state index is -0.434. The average Bonchev–Trinajstić information content (AvgIpc) is 2.90. The molecule has 2 rings (SSSR count). The molecule has 124 valence electrons. The van der Waals surface area contributed by atoms with E-state index >= 15 is 0 Å². The van der Waals surface area contributed by atoms with Crippen LogP contribution in [-0.2, 0) is 19.1 Å². The summed E-state index contributed by atoms with van der Waals surface area (Å²) in [6, 6.07) is 7.07. The fraction of sp³-hybridized carbons (Fsp3) is 0.471. The molecule has 0 saturated carbocycles. The van der Waals surface area contributed by atoms with E-state index in [9.17, 15) is 14.4 Å². The van der Waals surface area contributed by atoms with Crippen molar-refractivity contribution in [2.75, 3.05) is 23.4 Å². The Kier molecular flexibility index (Phi) is 5.36. The van der Waals surface area contributed by atoms with Crippen LogP contribution < -0.4 is 10.2 Å². The maximum absolute atomic E-state index is 12.2. The molecule has 0 spiro atoms. The van der Waals surface area contributed by atoms with Gasteiger partial charge in [0.1, 0.15) is 0 Å². The van der Waals surface area contributed by atoms with Gasteiger partial charge in [0.15, 0.2) is 0 Å². The lowest BCUT2D eigenvalue weighted by Gasteiger charge is -2.18. The third-order valence-corrected chi connectivity index (χ3v) is 3.69. The molecule has 2 amide bonds. The zero-order chi connectivity index (χ0) is 17.0. The van der Waals surface area contributed by atoms with Gasteiger partial charge in [0.2, 0.25) is 11.8 Å². The molecular formula is C17H22N2O4. The number of carbonyl (C=O) groups is 3. The lowest BCUT2D eigenvalue weighted by atomic mass is 10.1. The van der Waals surface area contributed by atoms with Crippen molar-refractivity contribution in [1.82, 2.24) is 0 Å². The molecule has 1 N–H and O–H groups in total. The first-order chi connectivity index (χ1) is 10.9. The predicted molar refractivity (Wildman–Crippen MR) is 87.0 cm³/mol. The number of esters is 1. The first-order valence-electron chi connectivity index (χ1n) is 7.80. The summed E-state index contributed by atoms with van der Waals surface area (Å²) in [4.78, 5) is 37.3. The van der Waals surface area contributed by atoms with Crippen molar-refractivity contribution >= 4 is 29.2 Å². The molecule has 1 heterocycles. The van der Waals surface area contributed by atoms with Crippen LogP contribution >= 0.6 is 0 Å². The Labute approximate surface area is 135 Å². The number of ether oxygens (including phenoxy) is 1. The second kappa shape index (κ2) is 7.26. The molecule has 6 nitrogen and oxygen atoms in total. The lowest BCUT2D eigenvalue weighted by molar-refractivity contribution is -0.147. The summed E-state index contributed by atoms with van der Waals surface area (Å²) in [6.07, 6.45) is 0.154. The van der Waals surface area contributed by atoms with Gasteiger partial charge in [0, 0.05) is 30.3 Å². The summed E-state index contributed by atoms with van der Waals surface area (Å²) in [5.41, 5.74) is 1.30. The Hall–Kier alpha value is -2.37. The number of rotatable bonds is 5. The van der Waals surface area contributed by atoms with Gasteiger partial charge >= 0.3 is 5.97 Å². The summed E-state index contributed by atoms with van der Waals surface area (Å²) in [6.45, 7) is 5.98. The molecule has 0 aliphatic carbocycles. The van der Waals surface area contributed by atoms with Crippen molar-refractivity contribution in [1.29, 1.82) is 0 Å². The average molecular weight is 318 g/mol. The summed E-state index contributed by atoms with van der Waals surface area (Å²) < 4.78 is 4.99. The predicted octanol–water partition coefficient (Wildman–Crippen LogP) is 2.20. The monoisotopic (exact) mass is 318 g/mol. The Morgan fingerprint density at radius 3 is 2.78 bits per heavy atom. The van der Waals surface area contributed by atoms with E-state index in [4.69, 9.17) is 4.74 Å². The van der Waals surface area contributed by atoms with Gasteiger partial charge in [-0.3, -0.25) is 14.4 Å². The highest BCUT2D eigenvalue weighted by Crippen LogP contribution is 2.28. The first kappa shape index (κ1) is 17.0. The first-order valence-corrected chi connectivity index (χ1v) is 7.80. The maximum Gasteiger partial charge on any atom is 0.311 e. The van der Waals surface area contributed by atoms with Crippen LogP contribution in [0.25, 0.3) is 0 Å². The van der Waals surface area contributed by atoms with Crippen molar-refractivity contribution in [3.05, 3.63) is 24.3 Å². The van der Waals surface area contributed by atoms with Gasteiger partial charge in [-0.05, 0) is 25.1 Å². The van der Waals surface area contributed by atoms with Crippen molar-refractivity contribution < 1.29 is 19.1 Å². The van der Waals surface area contributed by atoms with Crippen LogP contribution in [0.2, 0.25) is 0 Å². The van der Waals surface area contributed by atoms with Gasteiger partial charge in [-0.1, -0.05) is 19.9 Å². The molecule has 23 heavy (non-hydrogen) atoms. The van der Waals surface area contributed by atoms with Crippen LogP contribution in [0.5, 0.6) is 0 Å². The topological polar surface area (TPSA) is 75.7 Å². The largest absolute Gasteiger partial charge is 0.466 e. The van der Waals surface area contributed by atoms with Gasteiger partial charge in [-0.15, -0.1) is 0 Å². The van der Waals surface area contributed by atoms with E-state index in [0.717, 1.165) is 0 Å². The number of nitrogens with one attached hydrogen (secondary N) is 1. The number of hydrogen-bond donors (Lipinski definition) is 1.